The van der Waals surface area contributed by atoms with Crippen LogP contribution in [-0.2, 0) is 17.6 Å². The monoisotopic (exact) mass is 261 g/mol. The van der Waals surface area contributed by atoms with Gasteiger partial charge in [0, 0.05) is 24.7 Å². The van der Waals surface area contributed by atoms with E-state index < -0.39 is 0 Å². The number of nitrogens with zero attached hydrogens (tertiary/aromatic N) is 1. The molecule has 1 aliphatic heterocycles. The minimum Gasteiger partial charge on any atom is -0.330 e. The molecule has 0 spiro atoms. The zero-order valence-electron chi connectivity index (χ0n) is 11.6. The van der Waals surface area contributed by atoms with Crippen LogP contribution in [0.4, 0.5) is 5.69 Å². The van der Waals surface area contributed by atoms with Crippen molar-refractivity contribution in [2.45, 2.75) is 38.6 Å². The highest BCUT2D eigenvalue weighted by atomic mass is 16.2. The number of hydrogen-bond donors (Lipinski definition) is 2. The number of aryl methyl sites for hydroxylation is 1. The first-order valence-electron chi connectivity index (χ1n) is 6.99. The van der Waals surface area contributed by atoms with Crippen LogP contribution < -0.4 is 16.4 Å². The summed E-state index contributed by atoms with van der Waals surface area (Å²) < 4.78 is 0. The highest BCUT2D eigenvalue weighted by Gasteiger charge is 2.23. The number of carbonyl (C=O) groups is 1. The largest absolute Gasteiger partial charge is 0.330 e. The Labute approximate surface area is 114 Å². The van der Waals surface area contributed by atoms with Gasteiger partial charge >= 0.3 is 0 Å². The minimum atomic E-state index is 0.120. The van der Waals surface area contributed by atoms with Crippen molar-refractivity contribution in [3.05, 3.63) is 29.3 Å². The predicted octanol–water partition coefficient (Wildman–Crippen LogP) is 1.20. The van der Waals surface area contributed by atoms with Crippen LogP contribution in [0.2, 0.25) is 0 Å². The fourth-order valence-corrected chi connectivity index (χ4v) is 2.51. The highest BCUT2D eigenvalue weighted by Crippen LogP contribution is 2.29. The van der Waals surface area contributed by atoms with E-state index in [1.165, 1.54) is 11.1 Å². The van der Waals surface area contributed by atoms with E-state index in [9.17, 15) is 4.79 Å². The van der Waals surface area contributed by atoms with E-state index in [0.29, 0.717) is 19.5 Å². The molecule has 2 rings (SSSR count). The third-order valence-corrected chi connectivity index (χ3v) is 3.59. The lowest BCUT2D eigenvalue weighted by molar-refractivity contribution is -0.118. The normalized spacial score (nSPS) is 16.4. The van der Waals surface area contributed by atoms with Gasteiger partial charge in [0.25, 0.3) is 0 Å². The second-order valence-corrected chi connectivity index (χ2v) is 5.31. The summed E-state index contributed by atoms with van der Waals surface area (Å²) in [6.45, 7) is 3.34. The lowest BCUT2D eigenvalue weighted by atomic mass is 9.97. The van der Waals surface area contributed by atoms with Crippen molar-refractivity contribution in [3.63, 3.8) is 0 Å². The Hall–Kier alpha value is -1.39. The molecular weight excluding hydrogens is 238 g/mol. The number of anilines is 1. The molecule has 1 amide bonds. The number of benzene rings is 1. The van der Waals surface area contributed by atoms with Gasteiger partial charge < -0.3 is 16.4 Å². The summed E-state index contributed by atoms with van der Waals surface area (Å²) in [5, 5.41) is 0. The van der Waals surface area contributed by atoms with Crippen molar-refractivity contribution in [2.75, 3.05) is 18.0 Å². The number of amides is 1. The van der Waals surface area contributed by atoms with Gasteiger partial charge in [0.1, 0.15) is 0 Å². The van der Waals surface area contributed by atoms with Crippen LogP contribution in [0.5, 0.6) is 0 Å². The molecule has 4 heteroatoms. The molecule has 0 aromatic heterocycles. The molecule has 0 fully saturated rings. The van der Waals surface area contributed by atoms with Gasteiger partial charge in [0.2, 0.25) is 5.91 Å². The van der Waals surface area contributed by atoms with Crippen molar-refractivity contribution >= 4 is 11.6 Å². The van der Waals surface area contributed by atoms with Crippen molar-refractivity contribution in [1.29, 1.82) is 0 Å². The van der Waals surface area contributed by atoms with Crippen LogP contribution in [0, 0.1) is 0 Å². The van der Waals surface area contributed by atoms with E-state index in [1.54, 1.807) is 0 Å². The summed E-state index contributed by atoms with van der Waals surface area (Å²) in [6.07, 6.45) is 3.15. The average molecular weight is 261 g/mol. The fraction of sp³-hybridized carbons (Fsp3) is 0.533. The smallest absolute Gasteiger partial charge is 0.227 e. The Morgan fingerprint density at radius 2 is 2.16 bits per heavy atom. The fourth-order valence-electron chi connectivity index (χ4n) is 2.51. The SMILES string of the molecule is CC(N)CCN1C(=O)CCc2cc(CCN)ccc21. The first kappa shape index (κ1) is 14.0. The van der Waals surface area contributed by atoms with Crippen LogP contribution in [0.15, 0.2) is 18.2 Å². The van der Waals surface area contributed by atoms with Gasteiger partial charge in [-0.15, -0.1) is 0 Å². The van der Waals surface area contributed by atoms with E-state index in [1.807, 2.05) is 11.8 Å². The molecule has 0 aliphatic carbocycles. The van der Waals surface area contributed by atoms with Crippen molar-refractivity contribution in [1.82, 2.24) is 0 Å². The van der Waals surface area contributed by atoms with Crippen LogP contribution in [0.1, 0.15) is 30.9 Å². The molecule has 0 bridgehead atoms. The molecule has 1 atom stereocenters. The third-order valence-electron chi connectivity index (χ3n) is 3.59. The topological polar surface area (TPSA) is 72.3 Å². The molecule has 0 saturated carbocycles. The van der Waals surface area contributed by atoms with Gasteiger partial charge in [-0.3, -0.25) is 4.79 Å². The summed E-state index contributed by atoms with van der Waals surface area (Å²) in [7, 11) is 0. The van der Waals surface area contributed by atoms with Crippen LogP contribution in [0.3, 0.4) is 0 Å². The Morgan fingerprint density at radius 3 is 2.84 bits per heavy atom. The number of fused-ring (bicyclic) bond motifs is 1. The van der Waals surface area contributed by atoms with Crippen LogP contribution in [0.25, 0.3) is 0 Å². The van der Waals surface area contributed by atoms with E-state index in [0.717, 1.165) is 24.9 Å². The van der Waals surface area contributed by atoms with Crippen molar-refractivity contribution in [3.8, 4) is 0 Å². The van der Waals surface area contributed by atoms with E-state index in [-0.39, 0.29) is 11.9 Å². The van der Waals surface area contributed by atoms with Crippen molar-refractivity contribution in [2.24, 2.45) is 11.5 Å². The van der Waals surface area contributed by atoms with Gasteiger partial charge in [-0.05, 0) is 49.9 Å². The second kappa shape index (κ2) is 6.17. The number of hydrogen-bond acceptors (Lipinski definition) is 3. The Bertz CT molecular complexity index is 457. The van der Waals surface area contributed by atoms with Gasteiger partial charge in [0.15, 0.2) is 0 Å². The summed E-state index contributed by atoms with van der Waals surface area (Å²) in [5.41, 5.74) is 14.9. The molecule has 19 heavy (non-hydrogen) atoms. The molecule has 0 saturated heterocycles. The summed E-state index contributed by atoms with van der Waals surface area (Å²) in [5.74, 6) is 0.208. The maximum atomic E-state index is 12.0. The van der Waals surface area contributed by atoms with Crippen LogP contribution in [-0.4, -0.2) is 25.0 Å². The summed E-state index contributed by atoms with van der Waals surface area (Å²) in [4.78, 5) is 13.9. The standard InChI is InChI=1S/C15H23N3O/c1-11(17)7-9-18-14-4-2-12(6-8-16)10-13(14)3-5-15(18)19/h2,4,10-11H,3,5-9,16-17H2,1H3. The highest BCUT2D eigenvalue weighted by molar-refractivity contribution is 5.96. The number of nitrogens with two attached hydrogens (primary N) is 2. The van der Waals surface area contributed by atoms with Crippen molar-refractivity contribution < 1.29 is 4.79 Å². The summed E-state index contributed by atoms with van der Waals surface area (Å²) in [6, 6.07) is 6.43. The van der Waals surface area contributed by atoms with Gasteiger partial charge in [-0.1, -0.05) is 12.1 Å². The second-order valence-electron chi connectivity index (χ2n) is 5.31. The number of rotatable bonds is 5. The van der Waals surface area contributed by atoms with E-state index >= 15 is 0 Å². The molecular formula is C15H23N3O. The first-order chi connectivity index (χ1) is 9.11. The molecule has 4 N–H and O–H groups in total. The molecule has 1 aliphatic rings. The lowest BCUT2D eigenvalue weighted by Crippen LogP contribution is -2.37. The van der Waals surface area contributed by atoms with Gasteiger partial charge in [-0.2, -0.15) is 0 Å². The lowest BCUT2D eigenvalue weighted by Gasteiger charge is -2.30. The Balaban J connectivity index is 2.21. The van der Waals surface area contributed by atoms with E-state index in [4.69, 9.17) is 11.5 Å². The first-order valence-corrected chi connectivity index (χ1v) is 6.99. The summed E-state index contributed by atoms with van der Waals surface area (Å²) >= 11 is 0. The molecule has 104 valence electrons. The molecule has 0 radical (unpaired) electrons. The van der Waals surface area contributed by atoms with E-state index in [2.05, 4.69) is 18.2 Å². The molecule has 1 aromatic carbocycles. The predicted molar refractivity (Wildman–Crippen MR) is 78.1 cm³/mol. The van der Waals surface area contributed by atoms with Gasteiger partial charge in [0.05, 0.1) is 0 Å². The Morgan fingerprint density at radius 1 is 1.37 bits per heavy atom. The van der Waals surface area contributed by atoms with Gasteiger partial charge in [-0.25, -0.2) is 0 Å². The molecule has 4 nitrogen and oxygen atoms in total. The molecule has 1 aromatic rings. The third kappa shape index (κ3) is 3.33. The zero-order chi connectivity index (χ0) is 13.8. The Kier molecular flexibility index (Phi) is 4.56. The molecule has 1 unspecified atom stereocenters. The maximum Gasteiger partial charge on any atom is 0.227 e. The zero-order valence-corrected chi connectivity index (χ0v) is 11.6. The average Bonchev–Trinajstić information content (AvgIpc) is 2.38. The maximum absolute atomic E-state index is 12.0. The quantitative estimate of drug-likeness (QED) is 0.836. The minimum absolute atomic E-state index is 0.120. The molecule has 1 heterocycles. The number of carbonyl (C=O) groups excluding carboxylic acids is 1. The van der Waals surface area contributed by atoms with Crippen LogP contribution >= 0.6 is 0 Å².